The lowest BCUT2D eigenvalue weighted by atomic mass is 9.92. The smallest absolute Gasteiger partial charge is 0.137 e. The number of para-hydroxylation sites is 2. The van der Waals surface area contributed by atoms with Gasteiger partial charge in [-0.15, -0.1) is 11.3 Å². The molecule has 0 N–H and O–H groups in total. The molecule has 0 unspecified atom stereocenters. The van der Waals surface area contributed by atoms with Gasteiger partial charge in [-0.3, -0.25) is 0 Å². The minimum absolute atomic E-state index is 0.853. The summed E-state index contributed by atoms with van der Waals surface area (Å²) in [4.78, 5) is 3.58. The summed E-state index contributed by atoms with van der Waals surface area (Å²) in [6, 6.07) is 67.2. The van der Waals surface area contributed by atoms with E-state index in [9.17, 15) is 0 Å². The van der Waals surface area contributed by atoms with Crippen molar-refractivity contribution in [1.29, 1.82) is 0 Å². The highest BCUT2D eigenvalue weighted by atomic mass is 32.1. The minimum atomic E-state index is 0.853. The third-order valence-corrected chi connectivity index (χ3v) is 12.5. The van der Waals surface area contributed by atoms with E-state index in [0.29, 0.717) is 0 Å². The Hall–Kier alpha value is -7.14. The molecule has 0 amide bonds. The number of fused-ring (bicyclic) bond motifs is 12. The summed E-state index contributed by atoms with van der Waals surface area (Å²) in [7, 11) is 0. The fourth-order valence-corrected chi connectivity index (χ4v) is 10.1. The number of benzene rings is 9. The SMILES string of the molecule is c1ccc(-c2sc3c4ccccc4c4ccccc4c3c2-c2ccc(N(c3ccc4c(c3)oc3ccccc34)c3ccc4c(c3)oc3ccccc34)cc2)cc1. The average Bonchev–Trinajstić information content (AvgIpc) is 3.96. The van der Waals surface area contributed by atoms with Crippen molar-refractivity contribution in [2.45, 2.75) is 0 Å². The molecular weight excluding hydrogens is 703 g/mol. The van der Waals surface area contributed by atoms with Gasteiger partial charge in [0, 0.05) is 76.7 Å². The predicted octanol–water partition coefficient (Wildman–Crippen LogP) is 15.8. The Morgan fingerprint density at radius 1 is 0.339 bits per heavy atom. The van der Waals surface area contributed by atoms with E-state index in [1.54, 1.807) is 0 Å². The monoisotopic (exact) mass is 733 g/mol. The molecule has 9 aromatic carbocycles. The molecule has 0 aliphatic rings. The first kappa shape index (κ1) is 31.2. The maximum Gasteiger partial charge on any atom is 0.137 e. The number of rotatable bonds is 5. The lowest BCUT2D eigenvalue weighted by Gasteiger charge is -2.25. The van der Waals surface area contributed by atoms with Crippen LogP contribution in [0.25, 0.3) is 97.1 Å². The molecule has 0 radical (unpaired) electrons. The van der Waals surface area contributed by atoms with Crippen molar-refractivity contribution in [3.63, 3.8) is 0 Å². The summed E-state index contributed by atoms with van der Waals surface area (Å²) < 4.78 is 14.1. The predicted molar refractivity (Wildman–Crippen MR) is 237 cm³/mol. The van der Waals surface area contributed by atoms with E-state index in [-0.39, 0.29) is 0 Å². The quantitative estimate of drug-likeness (QED) is 0.165. The van der Waals surface area contributed by atoms with Crippen LogP contribution in [0.5, 0.6) is 0 Å². The molecule has 3 aromatic heterocycles. The van der Waals surface area contributed by atoms with Gasteiger partial charge in [0.05, 0.1) is 0 Å². The molecule has 3 nitrogen and oxygen atoms in total. The first-order valence-electron chi connectivity index (χ1n) is 18.9. The van der Waals surface area contributed by atoms with Gasteiger partial charge in [0.15, 0.2) is 0 Å². The molecule has 0 atom stereocenters. The largest absolute Gasteiger partial charge is 0.456 e. The molecule has 0 aliphatic carbocycles. The summed E-state index contributed by atoms with van der Waals surface area (Å²) in [6.07, 6.45) is 0. The number of hydrogen-bond acceptors (Lipinski definition) is 4. The van der Waals surface area contributed by atoms with Crippen LogP contribution in [-0.2, 0) is 0 Å². The highest BCUT2D eigenvalue weighted by molar-refractivity contribution is 7.24. The third kappa shape index (κ3) is 4.70. The molecule has 3 heterocycles. The Morgan fingerprint density at radius 3 is 1.41 bits per heavy atom. The summed E-state index contributed by atoms with van der Waals surface area (Å²) in [5.74, 6) is 0. The molecule has 0 spiro atoms. The van der Waals surface area contributed by atoms with E-state index in [1.807, 2.05) is 35.6 Å². The Labute approximate surface area is 325 Å². The molecule has 0 aliphatic heterocycles. The zero-order chi connectivity index (χ0) is 36.7. The van der Waals surface area contributed by atoms with Gasteiger partial charge in [0.1, 0.15) is 22.3 Å². The second-order valence-electron chi connectivity index (χ2n) is 14.4. The van der Waals surface area contributed by atoms with Crippen LogP contribution in [0, 0.1) is 0 Å². The van der Waals surface area contributed by atoms with Crippen LogP contribution in [0.15, 0.2) is 197 Å². The van der Waals surface area contributed by atoms with Crippen LogP contribution in [0.4, 0.5) is 17.1 Å². The van der Waals surface area contributed by atoms with Crippen molar-refractivity contribution >= 4 is 104 Å². The Balaban J connectivity index is 1.08. The van der Waals surface area contributed by atoms with Crippen LogP contribution in [0.2, 0.25) is 0 Å². The van der Waals surface area contributed by atoms with Crippen LogP contribution < -0.4 is 4.90 Å². The van der Waals surface area contributed by atoms with E-state index in [4.69, 9.17) is 8.83 Å². The first-order valence-corrected chi connectivity index (χ1v) is 19.7. The molecular formula is C52H31NO2S. The Kier molecular flexibility index (Phi) is 6.80. The molecule has 262 valence electrons. The Morgan fingerprint density at radius 2 is 0.804 bits per heavy atom. The molecule has 12 aromatic rings. The highest BCUT2D eigenvalue weighted by Gasteiger charge is 2.22. The average molecular weight is 734 g/mol. The number of nitrogens with zero attached hydrogens (tertiary/aromatic N) is 1. The zero-order valence-electron chi connectivity index (χ0n) is 30.1. The summed E-state index contributed by atoms with van der Waals surface area (Å²) in [5, 5.41) is 10.9. The van der Waals surface area contributed by atoms with E-state index >= 15 is 0 Å². The summed E-state index contributed by atoms with van der Waals surface area (Å²) >= 11 is 1.89. The van der Waals surface area contributed by atoms with E-state index < -0.39 is 0 Å². The molecule has 4 heteroatoms. The van der Waals surface area contributed by atoms with Gasteiger partial charge < -0.3 is 13.7 Å². The van der Waals surface area contributed by atoms with Crippen LogP contribution in [0.3, 0.4) is 0 Å². The second kappa shape index (κ2) is 12.2. The molecule has 0 saturated carbocycles. The first-order chi connectivity index (χ1) is 27.8. The minimum Gasteiger partial charge on any atom is -0.456 e. The standard InChI is InChI=1S/C52H31NO2S/c1-2-12-33(13-3-1)51-49(50-43-18-6-4-14-37(43)38-15-5-7-19-44(38)52(50)56-51)32-22-24-34(25-23-32)53(35-26-28-41-39-16-8-10-20-45(39)54-47(41)30-35)36-27-29-42-40-17-9-11-21-46(40)55-48(42)31-36/h1-31H. The van der Waals surface area contributed by atoms with E-state index in [2.05, 4.69) is 169 Å². The number of thiophene rings is 1. The van der Waals surface area contributed by atoms with Crippen molar-refractivity contribution in [3.05, 3.63) is 188 Å². The van der Waals surface area contributed by atoms with Crippen LogP contribution in [0.1, 0.15) is 0 Å². The second-order valence-corrected chi connectivity index (χ2v) is 15.4. The number of furan rings is 2. The van der Waals surface area contributed by atoms with Crippen molar-refractivity contribution in [1.82, 2.24) is 0 Å². The van der Waals surface area contributed by atoms with E-state index in [0.717, 1.165) is 60.9 Å². The summed E-state index contributed by atoms with van der Waals surface area (Å²) in [6.45, 7) is 0. The van der Waals surface area contributed by atoms with Gasteiger partial charge in [0.25, 0.3) is 0 Å². The number of anilines is 3. The molecule has 56 heavy (non-hydrogen) atoms. The fraction of sp³-hybridized carbons (Fsp3) is 0. The molecule has 0 saturated heterocycles. The lowest BCUT2D eigenvalue weighted by molar-refractivity contribution is 0.669. The molecule has 12 rings (SSSR count). The molecule has 0 bridgehead atoms. The van der Waals surface area contributed by atoms with Gasteiger partial charge in [-0.2, -0.15) is 0 Å². The van der Waals surface area contributed by atoms with Crippen molar-refractivity contribution in [2.24, 2.45) is 0 Å². The lowest BCUT2D eigenvalue weighted by Crippen LogP contribution is -2.09. The van der Waals surface area contributed by atoms with Crippen molar-refractivity contribution in [3.8, 4) is 21.6 Å². The van der Waals surface area contributed by atoms with Crippen LogP contribution in [-0.4, -0.2) is 0 Å². The van der Waals surface area contributed by atoms with Crippen molar-refractivity contribution < 1.29 is 8.83 Å². The third-order valence-electron chi connectivity index (χ3n) is 11.3. The summed E-state index contributed by atoms with van der Waals surface area (Å²) in [5.41, 5.74) is 10.2. The van der Waals surface area contributed by atoms with Gasteiger partial charge in [-0.1, -0.05) is 127 Å². The van der Waals surface area contributed by atoms with E-state index in [1.165, 1.54) is 53.2 Å². The normalized spacial score (nSPS) is 11.9. The maximum absolute atomic E-state index is 6.41. The topological polar surface area (TPSA) is 29.5 Å². The Bertz CT molecular complexity index is 3370. The maximum atomic E-state index is 6.41. The molecule has 0 fully saturated rings. The fourth-order valence-electron chi connectivity index (χ4n) is 8.73. The zero-order valence-corrected chi connectivity index (χ0v) is 30.9. The van der Waals surface area contributed by atoms with Gasteiger partial charge >= 0.3 is 0 Å². The van der Waals surface area contributed by atoms with Gasteiger partial charge in [-0.05, 0) is 75.8 Å². The number of hydrogen-bond donors (Lipinski definition) is 0. The van der Waals surface area contributed by atoms with Crippen LogP contribution >= 0.6 is 11.3 Å². The van der Waals surface area contributed by atoms with Gasteiger partial charge in [-0.25, -0.2) is 0 Å². The highest BCUT2D eigenvalue weighted by Crippen LogP contribution is 2.51. The van der Waals surface area contributed by atoms with Crippen molar-refractivity contribution in [2.75, 3.05) is 4.90 Å². The van der Waals surface area contributed by atoms with Gasteiger partial charge in [0.2, 0.25) is 0 Å².